The summed E-state index contributed by atoms with van der Waals surface area (Å²) in [6.07, 6.45) is 3.35. The summed E-state index contributed by atoms with van der Waals surface area (Å²) in [6, 6.07) is 5.43. The van der Waals surface area contributed by atoms with Crippen molar-refractivity contribution in [2.24, 2.45) is 0 Å². The molecule has 3 aromatic rings. The maximum absolute atomic E-state index is 12.0. The van der Waals surface area contributed by atoms with E-state index in [1.807, 2.05) is 6.07 Å². The zero-order chi connectivity index (χ0) is 11.8. The summed E-state index contributed by atoms with van der Waals surface area (Å²) in [4.78, 5) is 16.8. The van der Waals surface area contributed by atoms with Gasteiger partial charge in [0.2, 0.25) is 0 Å². The van der Waals surface area contributed by atoms with Gasteiger partial charge < -0.3 is 0 Å². The minimum absolute atomic E-state index is 0.162. The van der Waals surface area contributed by atoms with Crippen LogP contribution in [-0.4, -0.2) is 19.2 Å². The van der Waals surface area contributed by atoms with Crippen LogP contribution in [0.25, 0.3) is 5.65 Å². The molecule has 3 heterocycles. The van der Waals surface area contributed by atoms with E-state index in [0.29, 0.717) is 16.7 Å². The van der Waals surface area contributed by atoms with Gasteiger partial charge in [0.1, 0.15) is 0 Å². The Kier molecular flexibility index (Phi) is 2.45. The predicted octanol–water partition coefficient (Wildman–Crippen LogP) is 1.65. The molecule has 5 nitrogen and oxygen atoms in total. The van der Waals surface area contributed by atoms with E-state index in [0.717, 1.165) is 4.88 Å². The number of halogens is 1. The van der Waals surface area contributed by atoms with Crippen LogP contribution in [0.1, 0.15) is 4.88 Å². The molecule has 3 rings (SSSR count). The van der Waals surface area contributed by atoms with E-state index in [2.05, 4.69) is 10.1 Å². The number of fused-ring (bicyclic) bond motifs is 1. The van der Waals surface area contributed by atoms with Crippen molar-refractivity contribution < 1.29 is 0 Å². The Balaban J connectivity index is 2.06. The summed E-state index contributed by atoms with van der Waals surface area (Å²) in [6.45, 7) is 0.394. The lowest BCUT2D eigenvalue weighted by atomic mass is 10.5. The van der Waals surface area contributed by atoms with Crippen LogP contribution >= 0.6 is 22.9 Å². The van der Waals surface area contributed by atoms with Crippen molar-refractivity contribution in [1.29, 1.82) is 0 Å². The van der Waals surface area contributed by atoms with E-state index in [9.17, 15) is 4.79 Å². The molecule has 0 aromatic carbocycles. The van der Waals surface area contributed by atoms with Crippen molar-refractivity contribution in [3.63, 3.8) is 0 Å². The third-order valence-electron chi connectivity index (χ3n) is 2.32. The van der Waals surface area contributed by atoms with Gasteiger partial charge in [-0.05, 0) is 12.1 Å². The quantitative estimate of drug-likeness (QED) is 0.709. The molecular weight excluding hydrogens is 260 g/mol. The maximum Gasteiger partial charge on any atom is 0.350 e. The summed E-state index contributed by atoms with van der Waals surface area (Å²) in [5, 5.41) is 4.22. The molecule has 0 aliphatic carbocycles. The van der Waals surface area contributed by atoms with Crippen LogP contribution in [0.15, 0.2) is 35.4 Å². The smallest absolute Gasteiger partial charge is 0.250 e. The van der Waals surface area contributed by atoms with Crippen LogP contribution in [-0.2, 0) is 6.54 Å². The van der Waals surface area contributed by atoms with Crippen LogP contribution in [0.5, 0.6) is 0 Å². The SMILES string of the molecule is O=c1n(Cc2cnc(Cl)s2)nc2ccccn12. The van der Waals surface area contributed by atoms with Gasteiger partial charge in [0.15, 0.2) is 10.1 Å². The Labute approximate surface area is 105 Å². The van der Waals surface area contributed by atoms with Gasteiger partial charge in [-0.2, -0.15) is 0 Å². The van der Waals surface area contributed by atoms with Crippen molar-refractivity contribution in [3.05, 3.63) is 50.4 Å². The summed E-state index contributed by atoms with van der Waals surface area (Å²) in [5.74, 6) is 0. The highest BCUT2D eigenvalue weighted by molar-refractivity contribution is 7.15. The lowest BCUT2D eigenvalue weighted by Gasteiger charge is -1.93. The number of thiazole rings is 1. The summed E-state index contributed by atoms with van der Waals surface area (Å²) in [5.41, 5.74) is 0.471. The summed E-state index contributed by atoms with van der Waals surface area (Å²) >= 11 is 7.09. The Morgan fingerprint density at radius 1 is 1.41 bits per heavy atom. The molecule has 17 heavy (non-hydrogen) atoms. The fraction of sp³-hybridized carbons (Fsp3) is 0.100. The van der Waals surface area contributed by atoms with Gasteiger partial charge in [-0.15, -0.1) is 16.4 Å². The van der Waals surface area contributed by atoms with Crippen LogP contribution < -0.4 is 5.69 Å². The first-order valence-corrected chi connectivity index (χ1v) is 6.08. The molecule has 0 aliphatic heterocycles. The third kappa shape index (κ3) is 1.85. The van der Waals surface area contributed by atoms with E-state index in [-0.39, 0.29) is 5.69 Å². The summed E-state index contributed by atoms with van der Waals surface area (Å²) < 4.78 is 3.37. The molecule has 0 bridgehead atoms. The highest BCUT2D eigenvalue weighted by atomic mass is 35.5. The van der Waals surface area contributed by atoms with Gasteiger partial charge in [-0.25, -0.2) is 14.5 Å². The first-order chi connectivity index (χ1) is 8.24. The highest BCUT2D eigenvalue weighted by Gasteiger charge is 2.08. The zero-order valence-corrected chi connectivity index (χ0v) is 10.1. The second-order valence-electron chi connectivity index (χ2n) is 3.45. The fourth-order valence-electron chi connectivity index (χ4n) is 1.58. The molecule has 0 amide bonds. The van der Waals surface area contributed by atoms with Gasteiger partial charge >= 0.3 is 5.69 Å². The van der Waals surface area contributed by atoms with Crippen molar-refractivity contribution >= 4 is 28.6 Å². The molecule has 0 saturated heterocycles. The Hall–Kier alpha value is -1.66. The summed E-state index contributed by atoms with van der Waals surface area (Å²) in [7, 11) is 0. The third-order valence-corrected chi connectivity index (χ3v) is 3.42. The molecule has 0 fully saturated rings. The average Bonchev–Trinajstić information content (AvgIpc) is 2.86. The normalized spacial score (nSPS) is 11.1. The van der Waals surface area contributed by atoms with Gasteiger partial charge in [-0.3, -0.25) is 4.40 Å². The molecule has 3 aromatic heterocycles. The van der Waals surface area contributed by atoms with Gasteiger partial charge in [0.25, 0.3) is 0 Å². The maximum atomic E-state index is 12.0. The van der Waals surface area contributed by atoms with Crippen LogP contribution in [0.2, 0.25) is 4.47 Å². The van der Waals surface area contributed by atoms with Crippen molar-refractivity contribution in [1.82, 2.24) is 19.2 Å². The monoisotopic (exact) mass is 266 g/mol. The van der Waals surface area contributed by atoms with E-state index >= 15 is 0 Å². The highest BCUT2D eigenvalue weighted by Crippen LogP contribution is 2.17. The number of pyridine rings is 1. The number of rotatable bonds is 2. The second kappa shape index (κ2) is 3.97. The van der Waals surface area contributed by atoms with E-state index in [1.165, 1.54) is 20.4 Å². The van der Waals surface area contributed by atoms with E-state index in [1.54, 1.807) is 24.5 Å². The number of aromatic nitrogens is 4. The van der Waals surface area contributed by atoms with Crippen molar-refractivity contribution in [3.8, 4) is 0 Å². The lowest BCUT2D eigenvalue weighted by molar-refractivity contribution is 0.665. The van der Waals surface area contributed by atoms with E-state index in [4.69, 9.17) is 11.6 Å². The first kappa shape index (κ1) is 10.5. The molecule has 0 aliphatic rings. The molecule has 86 valence electrons. The number of hydrogen-bond donors (Lipinski definition) is 0. The minimum atomic E-state index is -0.162. The van der Waals surface area contributed by atoms with Gasteiger partial charge in [0.05, 0.1) is 6.54 Å². The van der Waals surface area contributed by atoms with Crippen molar-refractivity contribution in [2.45, 2.75) is 6.54 Å². The fourth-order valence-corrected chi connectivity index (χ4v) is 2.54. The van der Waals surface area contributed by atoms with Crippen LogP contribution in [0, 0.1) is 0 Å². The molecule has 0 radical (unpaired) electrons. The average molecular weight is 267 g/mol. The predicted molar refractivity (Wildman–Crippen MR) is 65.7 cm³/mol. The Morgan fingerprint density at radius 3 is 3.00 bits per heavy atom. The van der Waals surface area contributed by atoms with E-state index < -0.39 is 0 Å². The minimum Gasteiger partial charge on any atom is -0.250 e. The number of nitrogens with zero attached hydrogens (tertiary/aromatic N) is 4. The molecule has 7 heteroatoms. The van der Waals surface area contributed by atoms with Crippen molar-refractivity contribution in [2.75, 3.05) is 0 Å². The topological polar surface area (TPSA) is 52.2 Å². The molecule has 0 N–H and O–H groups in total. The lowest BCUT2D eigenvalue weighted by Crippen LogP contribution is -2.21. The molecule has 0 saturated carbocycles. The molecule has 0 unspecified atom stereocenters. The standard InChI is InChI=1S/C10H7ClN4OS/c11-9-12-5-7(17-9)6-15-10(16)14-4-2-1-3-8(14)13-15/h1-5H,6H2. The first-order valence-electron chi connectivity index (χ1n) is 4.88. The second-order valence-corrected chi connectivity index (χ2v) is 5.15. The molecule has 0 spiro atoms. The zero-order valence-electron chi connectivity index (χ0n) is 8.58. The van der Waals surface area contributed by atoms with Crippen LogP contribution in [0.4, 0.5) is 0 Å². The molecule has 0 atom stereocenters. The Bertz CT molecular complexity index is 729. The molecular formula is C10H7ClN4OS. The Morgan fingerprint density at radius 2 is 2.29 bits per heavy atom. The number of hydrogen-bond acceptors (Lipinski definition) is 4. The van der Waals surface area contributed by atoms with Gasteiger partial charge in [0, 0.05) is 17.3 Å². The van der Waals surface area contributed by atoms with Crippen LogP contribution in [0.3, 0.4) is 0 Å². The van der Waals surface area contributed by atoms with Gasteiger partial charge in [-0.1, -0.05) is 17.7 Å². The largest absolute Gasteiger partial charge is 0.350 e.